The summed E-state index contributed by atoms with van der Waals surface area (Å²) in [6.07, 6.45) is -1.39. The average Bonchev–Trinajstić information content (AvgIpc) is 2.42. The van der Waals surface area contributed by atoms with Gasteiger partial charge in [-0.25, -0.2) is 0 Å². The number of fused-ring (bicyclic) bond motifs is 1. The van der Waals surface area contributed by atoms with E-state index in [0.29, 0.717) is 0 Å². The molecule has 5 rings (SSSR count). The van der Waals surface area contributed by atoms with Crippen molar-refractivity contribution < 1.29 is 10.2 Å². The molecule has 18 heavy (non-hydrogen) atoms. The van der Waals surface area contributed by atoms with Gasteiger partial charge in [0.05, 0.1) is 12.2 Å². The molecule has 2 atom stereocenters. The molecule has 0 amide bonds. The second-order valence-corrected chi connectivity index (χ2v) is 5.19. The predicted octanol–water partition coefficient (Wildman–Crippen LogP) is 2.00. The molecule has 2 bridgehead atoms. The lowest BCUT2D eigenvalue weighted by atomic mass is 9.61. The zero-order valence-electron chi connectivity index (χ0n) is 9.82. The maximum Gasteiger partial charge on any atom is 0.0917 e. The van der Waals surface area contributed by atoms with E-state index in [1.807, 2.05) is 24.3 Å². The van der Waals surface area contributed by atoms with Crippen molar-refractivity contribution in [3.8, 4) is 0 Å². The topological polar surface area (TPSA) is 40.5 Å². The van der Waals surface area contributed by atoms with Gasteiger partial charge >= 0.3 is 0 Å². The molecule has 2 N–H and O–H groups in total. The van der Waals surface area contributed by atoms with E-state index in [1.165, 1.54) is 22.3 Å². The lowest BCUT2D eigenvalue weighted by Crippen LogP contribution is -2.47. The van der Waals surface area contributed by atoms with Crippen molar-refractivity contribution in [3.63, 3.8) is 0 Å². The number of hydrogen-bond donors (Lipinski definition) is 2. The first kappa shape index (κ1) is 10.3. The van der Waals surface area contributed by atoms with E-state index in [9.17, 15) is 10.2 Å². The summed E-state index contributed by atoms with van der Waals surface area (Å²) in [4.78, 5) is 0. The van der Waals surface area contributed by atoms with E-state index < -0.39 is 12.2 Å². The molecule has 90 valence electrons. The van der Waals surface area contributed by atoms with Gasteiger partial charge in [-0.15, -0.1) is 0 Å². The van der Waals surface area contributed by atoms with Gasteiger partial charge in [-0.3, -0.25) is 0 Å². The van der Waals surface area contributed by atoms with Gasteiger partial charge in [-0.05, 0) is 22.3 Å². The zero-order chi connectivity index (χ0) is 12.3. The molecule has 0 aromatic heterocycles. The first-order chi connectivity index (χ1) is 8.79. The van der Waals surface area contributed by atoms with Gasteiger partial charge in [-0.2, -0.15) is 0 Å². The average molecular weight is 238 g/mol. The van der Waals surface area contributed by atoms with Crippen molar-refractivity contribution in [2.24, 2.45) is 0 Å². The predicted molar refractivity (Wildman–Crippen MR) is 68.6 cm³/mol. The number of aliphatic hydroxyl groups excluding tert-OH is 2. The van der Waals surface area contributed by atoms with Gasteiger partial charge in [0.25, 0.3) is 0 Å². The summed E-state index contributed by atoms with van der Waals surface area (Å²) in [5.41, 5.74) is 4.66. The van der Waals surface area contributed by atoms with Crippen LogP contribution in [-0.4, -0.2) is 22.4 Å². The quantitative estimate of drug-likeness (QED) is 0.737. The van der Waals surface area contributed by atoms with Crippen LogP contribution in [0.1, 0.15) is 34.1 Å². The van der Waals surface area contributed by atoms with Crippen LogP contribution in [0.3, 0.4) is 0 Å². The Morgan fingerprint density at radius 1 is 0.556 bits per heavy atom. The number of aliphatic hydroxyl groups is 2. The highest BCUT2D eigenvalue weighted by molar-refractivity contribution is 5.57. The molecular weight excluding hydrogens is 224 g/mol. The molecule has 0 aliphatic heterocycles. The SMILES string of the molecule is OC1C(O)[C@H]2c3ccccc3[C@@H]1c1ccccc12. The smallest absolute Gasteiger partial charge is 0.0917 e. The molecule has 0 heterocycles. The Hall–Kier alpha value is -1.64. The van der Waals surface area contributed by atoms with Crippen LogP contribution in [0.15, 0.2) is 48.5 Å². The van der Waals surface area contributed by atoms with Crippen LogP contribution in [0.4, 0.5) is 0 Å². The third-order valence-electron chi connectivity index (χ3n) is 4.37. The van der Waals surface area contributed by atoms with Crippen LogP contribution in [0.25, 0.3) is 0 Å². The molecule has 0 radical (unpaired) electrons. The van der Waals surface area contributed by atoms with E-state index >= 15 is 0 Å². The van der Waals surface area contributed by atoms with Gasteiger partial charge < -0.3 is 10.2 Å². The van der Waals surface area contributed by atoms with Gasteiger partial charge in [0.2, 0.25) is 0 Å². The molecule has 2 aromatic rings. The fourth-order valence-electron chi connectivity index (χ4n) is 3.62. The van der Waals surface area contributed by atoms with Crippen molar-refractivity contribution in [1.29, 1.82) is 0 Å². The van der Waals surface area contributed by atoms with E-state index in [1.54, 1.807) is 0 Å². The lowest BCUT2D eigenvalue weighted by Gasteiger charge is -2.46. The highest BCUT2D eigenvalue weighted by Gasteiger charge is 2.48. The van der Waals surface area contributed by atoms with Gasteiger partial charge in [-0.1, -0.05) is 48.5 Å². The fraction of sp³-hybridized carbons (Fsp3) is 0.250. The summed E-state index contributed by atoms with van der Waals surface area (Å²) >= 11 is 0. The molecule has 0 saturated heterocycles. The number of benzene rings is 2. The zero-order valence-corrected chi connectivity index (χ0v) is 9.82. The van der Waals surface area contributed by atoms with Crippen LogP contribution in [0.2, 0.25) is 0 Å². The summed E-state index contributed by atoms with van der Waals surface area (Å²) in [6, 6.07) is 16.3. The molecule has 0 spiro atoms. The minimum atomic E-state index is -0.695. The van der Waals surface area contributed by atoms with Gasteiger partial charge in [0.1, 0.15) is 0 Å². The Bertz CT molecular complexity index is 518. The first-order valence-corrected chi connectivity index (χ1v) is 6.33. The second-order valence-electron chi connectivity index (χ2n) is 5.19. The molecule has 3 aliphatic carbocycles. The van der Waals surface area contributed by atoms with E-state index in [0.717, 1.165) is 0 Å². The Kier molecular flexibility index (Phi) is 1.97. The van der Waals surface area contributed by atoms with E-state index in [2.05, 4.69) is 24.3 Å². The number of hydrogen-bond acceptors (Lipinski definition) is 2. The largest absolute Gasteiger partial charge is 0.389 e. The molecule has 2 nitrogen and oxygen atoms in total. The molecule has 0 fully saturated rings. The normalized spacial score (nSPS) is 31.9. The van der Waals surface area contributed by atoms with Gasteiger partial charge in [0, 0.05) is 11.8 Å². The fourth-order valence-corrected chi connectivity index (χ4v) is 3.62. The first-order valence-electron chi connectivity index (χ1n) is 6.33. The summed E-state index contributed by atoms with van der Waals surface area (Å²) < 4.78 is 0. The third kappa shape index (κ3) is 1.10. The minimum absolute atomic E-state index is 0.0857. The van der Waals surface area contributed by atoms with Crippen LogP contribution in [-0.2, 0) is 0 Å². The summed E-state index contributed by atoms with van der Waals surface area (Å²) in [7, 11) is 0. The second kappa shape index (κ2) is 3.44. The molecular formula is C16H14O2. The van der Waals surface area contributed by atoms with Crippen molar-refractivity contribution in [2.45, 2.75) is 24.0 Å². The molecule has 2 heteroatoms. The van der Waals surface area contributed by atoms with Crippen molar-refractivity contribution in [2.75, 3.05) is 0 Å². The summed E-state index contributed by atoms with van der Waals surface area (Å²) in [6.45, 7) is 0. The lowest BCUT2D eigenvalue weighted by molar-refractivity contribution is -0.0154. The van der Waals surface area contributed by atoms with Gasteiger partial charge in [0.15, 0.2) is 0 Å². The van der Waals surface area contributed by atoms with Crippen LogP contribution in [0.5, 0.6) is 0 Å². The Balaban J connectivity index is 2.06. The molecule has 3 aliphatic rings. The summed E-state index contributed by atoms with van der Waals surface area (Å²) in [5.74, 6) is -0.171. The van der Waals surface area contributed by atoms with Crippen molar-refractivity contribution in [3.05, 3.63) is 70.8 Å². The maximum atomic E-state index is 10.3. The monoisotopic (exact) mass is 238 g/mol. The minimum Gasteiger partial charge on any atom is -0.389 e. The standard InChI is InChI=1S/C16H14O2/c17-15-13-9-5-1-2-6-10(9)14(16(15)18)12-8-4-3-7-11(12)13/h1-8,13-18H/t13-,14+,15?,16?. The van der Waals surface area contributed by atoms with Crippen molar-refractivity contribution in [1.82, 2.24) is 0 Å². The van der Waals surface area contributed by atoms with E-state index in [4.69, 9.17) is 0 Å². The van der Waals surface area contributed by atoms with Crippen LogP contribution < -0.4 is 0 Å². The van der Waals surface area contributed by atoms with Crippen LogP contribution >= 0.6 is 0 Å². The third-order valence-corrected chi connectivity index (χ3v) is 4.37. The van der Waals surface area contributed by atoms with Crippen molar-refractivity contribution >= 4 is 0 Å². The molecule has 2 aromatic carbocycles. The molecule has 2 unspecified atom stereocenters. The van der Waals surface area contributed by atoms with Crippen LogP contribution in [0, 0.1) is 0 Å². The highest BCUT2D eigenvalue weighted by Crippen LogP contribution is 2.52. The maximum absolute atomic E-state index is 10.3. The Morgan fingerprint density at radius 3 is 1.11 bits per heavy atom. The molecule has 0 saturated carbocycles. The highest BCUT2D eigenvalue weighted by atomic mass is 16.3. The Morgan fingerprint density at radius 2 is 0.833 bits per heavy atom. The Labute approximate surface area is 106 Å². The summed E-state index contributed by atoms with van der Waals surface area (Å²) in [5, 5.41) is 20.6. The van der Waals surface area contributed by atoms with E-state index in [-0.39, 0.29) is 11.8 Å². The number of rotatable bonds is 0.